The monoisotopic (exact) mass is 432 g/mol. The highest BCUT2D eigenvalue weighted by molar-refractivity contribution is 6.10. The van der Waals surface area contributed by atoms with E-state index in [0.29, 0.717) is 22.6 Å². The van der Waals surface area contributed by atoms with Crippen molar-refractivity contribution in [3.8, 4) is 11.8 Å². The summed E-state index contributed by atoms with van der Waals surface area (Å²) >= 11 is 0. The second-order valence-corrected chi connectivity index (χ2v) is 7.43. The first-order valence-corrected chi connectivity index (χ1v) is 10.3. The van der Waals surface area contributed by atoms with E-state index < -0.39 is 11.9 Å². The van der Waals surface area contributed by atoms with Crippen LogP contribution in [0.2, 0.25) is 0 Å². The minimum absolute atomic E-state index is 0.0595. The maximum atomic E-state index is 12.8. The molecule has 0 radical (unpaired) electrons. The molecule has 0 aliphatic heterocycles. The number of aryl methyl sites for hydroxylation is 1. The van der Waals surface area contributed by atoms with Gasteiger partial charge in [-0.3, -0.25) is 4.79 Å². The van der Waals surface area contributed by atoms with Crippen LogP contribution in [-0.4, -0.2) is 11.9 Å². The molecule has 0 spiro atoms. The lowest BCUT2D eigenvalue weighted by Crippen LogP contribution is -2.14. The van der Waals surface area contributed by atoms with Gasteiger partial charge in [-0.05, 0) is 59.2 Å². The largest absolute Gasteiger partial charge is 0.423 e. The number of carbonyl (C=O) groups is 2. The maximum Gasteiger partial charge on any atom is 0.344 e. The van der Waals surface area contributed by atoms with Crippen molar-refractivity contribution in [3.63, 3.8) is 0 Å². The van der Waals surface area contributed by atoms with E-state index in [1.54, 1.807) is 36.4 Å². The van der Waals surface area contributed by atoms with E-state index in [0.717, 1.165) is 16.3 Å². The molecular formula is C28H20N2O3. The first-order valence-electron chi connectivity index (χ1n) is 10.3. The molecule has 0 aliphatic carbocycles. The standard InChI is InChI=1S/C28H20N2O3/c1-19-8-2-5-15-26(19)30-27(31)22(18-29)16-20-9-6-12-23(17-20)33-28(32)25-14-7-11-21-10-3-4-13-24(21)25/h2-17H,1H3,(H,30,31)/b22-16+. The van der Waals surface area contributed by atoms with Crippen LogP contribution in [0.1, 0.15) is 21.5 Å². The third-order valence-corrected chi connectivity index (χ3v) is 5.15. The third kappa shape index (κ3) is 4.97. The van der Waals surface area contributed by atoms with Crippen LogP contribution in [0.25, 0.3) is 16.8 Å². The number of anilines is 1. The number of carbonyl (C=O) groups excluding carboxylic acids is 2. The van der Waals surface area contributed by atoms with E-state index in [4.69, 9.17) is 4.74 Å². The highest BCUT2D eigenvalue weighted by atomic mass is 16.5. The van der Waals surface area contributed by atoms with Crippen LogP contribution < -0.4 is 10.1 Å². The van der Waals surface area contributed by atoms with Gasteiger partial charge in [0.25, 0.3) is 5.91 Å². The summed E-state index contributed by atoms with van der Waals surface area (Å²) < 4.78 is 5.58. The fourth-order valence-electron chi connectivity index (χ4n) is 3.45. The Morgan fingerprint density at radius 3 is 2.45 bits per heavy atom. The summed E-state index contributed by atoms with van der Waals surface area (Å²) in [6.07, 6.45) is 1.46. The molecule has 0 bridgehead atoms. The number of nitrogens with one attached hydrogen (secondary N) is 1. The SMILES string of the molecule is Cc1ccccc1NC(=O)/C(C#N)=C/c1cccc(OC(=O)c2cccc3ccccc23)c1. The quantitative estimate of drug-likeness (QED) is 0.184. The number of benzene rings is 4. The number of hydrogen-bond acceptors (Lipinski definition) is 4. The number of nitrogens with zero attached hydrogens (tertiary/aromatic N) is 1. The van der Waals surface area contributed by atoms with E-state index in [2.05, 4.69) is 5.32 Å². The Balaban J connectivity index is 1.55. The Morgan fingerprint density at radius 2 is 1.64 bits per heavy atom. The fraction of sp³-hybridized carbons (Fsp3) is 0.0357. The number of fused-ring (bicyclic) bond motifs is 1. The predicted octanol–water partition coefficient (Wildman–Crippen LogP) is 5.91. The number of rotatable bonds is 5. The van der Waals surface area contributed by atoms with Crippen molar-refractivity contribution >= 4 is 34.4 Å². The molecule has 0 heterocycles. The van der Waals surface area contributed by atoms with E-state index >= 15 is 0 Å². The molecule has 160 valence electrons. The summed E-state index contributed by atoms with van der Waals surface area (Å²) in [5, 5.41) is 14.0. The number of esters is 1. The smallest absolute Gasteiger partial charge is 0.344 e. The molecule has 4 aromatic carbocycles. The molecule has 0 atom stereocenters. The molecule has 5 heteroatoms. The molecule has 0 aliphatic rings. The molecule has 4 rings (SSSR count). The number of nitriles is 1. The van der Waals surface area contributed by atoms with E-state index in [1.807, 2.05) is 67.6 Å². The molecular weight excluding hydrogens is 412 g/mol. The van der Waals surface area contributed by atoms with Crippen LogP contribution >= 0.6 is 0 Å². The van der Waals surface area contributed by atoms with Gasteiger partial charge in [-0.2, -0.15) is 5.26 Å². The minimum atomic E-state index is -0.509. The number of amides is 1. The van der Waals surface area contributed by atoms with Crippen molar-refractivity contribution in [2.24, 2.45) is 0 Å². The van der Waals surface area contributed by atoms with E-state index in [9.17, 15) is 14.9 Å². The Kier molecular flexibility index (Phi) is 6.28. The summed E-state index contributed by atoms with van der Waals surface area (Å²) in [5.74, 6) is -0.672. The maximum absolute atomic E-state index is 12.8. The third-order valence-electron chi connectivity index (χ3n) is 5.15. The summed E-state index contributed by atoms with van der Waals surface area (Å²) in [6, 6.07) is 29.0. The van der Waals surface area contributed by atoms with Gasteiger partial charge in [0.1, 0.15) is 17.4 Å². The number of hydrogen-bond donors (Lipinski definition) is 1. The Morgan fingerprint density at radius 1 is 0.909 bits per heavy atom. The van der Waals surface area contributed by atoms with E-state index in [-0.39, 0.29) is 5.57 Å². The highest BCUT2D eigenvalue weighted by Crippen LogP contribution is 2.22. The zero-order valence-corrected chi connectivity index (χ0v) is 17.9. The fourth-order valence-corrected chi connectivity index (χ4v) is 3.45. The van der Waals surface area contributed by atoms with Crippen LogP contribution in [0.15, 0.2) is 96.6 Å². The second-order valence-electron chi connectivity index (χ2n) is 7.43. The predicted molar refractivity (Wildman–Crippen MR) is 129 cm³/mol. The summed E-state index contributed by atoms with van der Waals surface area (Å²) in [5.41, 5.74) is 2.50. The Labute approximate surface area is 191 Å². The van der Waals surface area contributed by atoms with Gasteiger partial charge in [-0.1, -0.05) is 66.7 Å². The van der Waals surface area contributed by atoms with Crippen LogP contribution in [-0.2, 0) is 4.79 Å². The van der Waals surface area contributed by atoms with Crippen molar-refractivity contribution in [2.45, 2.75) is 6.92 Å². The topological polar surface area (TPSA) is 79.2 Å². The summed E-state index contributed by atoms with van der Waals surface area (Å²) in [7, 11) is 0. The lowest BCUT2D eigenvalue weighted by molar-refractivity contribution is -0.112. The van der Waals surface area contributed by atoms with Gasteiger partial charge < -0.3 is 10.1 Å². The van der Waals surface area contributed by atoms with Gasteiger partial charge >= 0.3 is 5.97 Å². The highest BCUT2D eigenvalue weighted by Gasteiger charge is 2.14. The molecule has 4 aromatic rings. The summed E-state index contributed by atoms with van der Waals surface area (Å²) in [4.78, 5) is 25.4. The Hall–Kier alpha value is -4.69. The molecule has 1 amide bonds. The second kappa shape index (κ2) is 9.63. The lowest BCUT2D eigenvalue weighted by Gasteiger charge is -2.09. The molecule has 0 saturated carbocycles. The normalized spacial score (nSPS) is 11.0. The van der Waals surface area contributed by atoms with Crippen molar-refractivity contribution in [3.05, 3.63) is 113 Å². The molecule has 0 unspecified atom stereocenters. The molecule has 0 aromatic heterocycles. The first-order chi connectivity index (χ1) is 16.0. The zero-order chi connectivity index (χ0) is 23.2. The van der Waals surface area contributed by atoms with Crippen molar-refractivity contribution < 1.29 is 14.3 Å². The van der Waals surface area contributed by atoms with Gasteiger partial charge in [0, 0.05) is 5.69 Å². The van der Waals surface area contributed by atoms with E-state index in [1.165, 1.54) is 6.08 Å². The zero-order valence-electron chi connectivity index (χ0n) is 17.9. The van der Waals surface area contributed by atoms with Crippen LogP contribution in [0.4, 0.5) is 5.69 Å². The number of ether oxygens (including phenoxy) is 1. The lowest BCUT2D eigenvalue weighted by atomic mass is 10.0. The molecule has 0 fully saturated rings. The van der Waals surface area contributed by atoms with Gasteiger partial charge in [-0.15, -0.1) is 0 Å². The van der Waals surface area contributed by atoms with Gasteiger partial charge in [0.15, 0.2) is 0 Å². The van der Waals surface area contributed by atoms with Gasteiger partial charge in [0.2, 0.25) is 0 Å². The molecule has 1 N–H and O–H groups in total. The average molecular weight is 432 g/mol. The van der Waals surface area contributed by atoms with Crippen LogP contribution in [0, 0.1) is 18.3 Å². The molecule has 33 heavy (non-hydrogen) atoms. The van der Waals surface area contributed by atoms with Crippen LogP contribution in [0.3, 0.4) is 0 Å². The van der Waals surface area contributed by atoms with Crippen molar-refractivity contribution in [2.75, 3.05) is 5.32 Å². The van der Waals surface area contributed by atoms with Gasteiger partial charge in [0.05, 0.1) is 5.56 Å². The molecule has 0 saturated heterocycles. The number of para-hydroxylation sites is 1. The minimum Gasteiger partial charge on any atom is -0.423 e. The van der Waals surface area contributed by atoms with Crippen LogP contribution in [0.5, 0.6) is 5.75 Å². The Bertz CT molecular complexity index is 1430. The summed E-state index contributed by atoms with van der Waals surface area (Å²) in [6.45, 7) is 1.87. The van der Waals surface area contributed by atoms with Crippen molar-refractivity contribution in [1.82, 2.24) is 0 Å². The first kappa shape index (κ1) is 21.5. The average Bonchev–Trinajstić information content (AvgIpc) is 2.83. The molecule has 5 nitrogen and oxygen atoms in total. The van der Waals surface area contributed by atoms with Crippen molar-refractivity contribution in [1.29, 1.82) is 5.26 Å². The van der Waals surface area contributed by atoms with Gasteiger partial charge in [-0.25, -0.2) is 4.79 Å².